The number of ether oxygens (including phenoxy) is 1. The number of carbonyl (C=O) groups is 2. The number of benzene rings is 2. The summed E-state index contributed by atoms with van der Waals surface area (Å²) >= 11 is 0. The monoisotopic (exact) mass is 364 g/mol. The first-order valence-electron chi connectivity index (χ1n) is 10.00. The van der Waals surface area contributed by atoms with Crippen molar-refractivity contribution >= 4 is 12.6 Å². The lowest BCUT2D eigenvalue weighted by atomic mass is 9.83. The molecule has 0 heterocycles. The van der Waals surface area contributed by atoms with E-state index >= 15 is 0 Å². The molecule has 1 saturated carbocycles. The molecule has 0 aromatic heterocycles. The molecule has 2 aromatic carbocycles. The van der Waals surface area contributed by atoms with Gasteiger partial charge in [-0.05, 0) is 72.9 Å². The first-order valence-corrected chi connectivity index (χ1v) is 10.00. The molecule has 0 bridgehead atoms. The molecule has 3 rings (SSSR count). The van der Waals surface area contributed by atoms with Gasteiger partial charge < -0.3 is 9.53 Å². The summed E-state index contributed by atoms with van der Waals surface area (Å²) in [4.78, 5) is 22.5. The number of aryl methyl sites for hydroxylation is 1. The van der Waals surface area contributed by atoms with E-state index in [0.29, 0.717) is 18.1 Å². The van der Waals surface area contributed by atoms with Crippen molar-refractivity contribution in [2.24, 2.45) is 11.8 Å². The highest BCUT2D eigenvalue weighted by Gasteiger charge is 2.21. The maximum Gasteiger partial charge on any atom is 0.150 e. The number of hydrogen-bond donors (Lipinski definition) is 0. The van der Waals surface area contributed by atoms with E-state index < -0.39 is 0 Å². The minimum atomic E-state index is 0.228. The lowest BCUT2D eigenvalue weighted by Crippen LogP contribution is -2.20. The third-order valence-corrected chi connectivity index (χ3v) is 5.52. The third kappa shape index (κ3) is 5.06. The predicted molar refractivity (Wildman–Crippen MR) is 108 cm³/mol. The summed E-state index contributed by atoms with van der Waals surface area (Å²) < 4.78 is 5.95. The molecule has 3 heteroatoms. The molecule has 0 aliphatic heterocycles. The van der Waals surface area contributed by atoms with Crippen LogP contribution in [0.15, 0.2) is 42.5 Å². The fourth-order valence-electron chi connectivity index (χ4n) is 3.84. The Balaban J connectivity index is 1.65. The fourth-order valence-corrected chi connectivity index (χ4v) is 3.84. The predicted octanol–water partition coefficient (Wildman–Crippen LogP) is 5.50. The van der Waals surface area contributed by atoms with Crippen molar-refractivity contribution in [1.29, 1.82) is 0 Å². The number of carbonyl (C=O) groups excluding carboxylic acids is 2. The molecule has 1 aliphatic rings. The van der Waals surface area contributed by atoms with Crippen LogP contribution < -0.4 is 4.74 Å². The first kappa shape index (κ1) is 19.3. The number of hydrogen-bond acceptors (Lipinski definition) is 3. The number of aldehydes is 2. The third-order valence-electron chi connectivity index (χ3n) is 5.52. The fraction of sp³-hybridized carbons (Fsp3) is 0.417. The van der Waals surface area contributed by atoms with Crippen LogP contribution in [0, 0.1) is 11.8 Å². The highest BCUT2D eigenvalue weighted by molar-refractivity contribution is 5.88. The van der Waals surface area contributed by atoms with Gasteiger partial charge in [0.2, 0.25) is 0 Å². The van der Waals surface area contributed by atoms with Crippen LogP contribution in [-0.4, -0.2) is 19.2 Å². The minimum Gasteiger partial charge on any atom is -0.493 e. The molecule has 0 amide bonds. The maximum absolute atomic E-state index is 11.6. The molecule has 142 valence electrons. The highest BCUT2D eigenvalue weighted by atomic mass is 16.5. The van der Waals surface area contributed by atoms with Crippen LogP contribution in [0.25, 0.3) is 11.1 Å². The molecular formula is C24H28O3. The van der Waals surface area contributed by atoms with Gasteiger partial charge in [-0.2, -0.15) is 0 Å². The van der Waals surface area contributed by atoms with E-state index in [2.05, 4.69) is 31.2 Å². The quantitative estimate of drug-likeness (QED) is 0.581. The molecular weight excluding hydrogens is 336 g/mol. The summed E-state index contributed by atoms with van der Waals surface area (Å²) in [5.74, 6) is 1.46. The maximum atomic E-state index is 11.6. The molecule has 0 unspecified atom stereocenters. The first-order chi connectivity index (χ1) is 13.2. The molecule has 1 aliphatic carbocycles. The second kappa shape index (κ2) is 9.50. The SMILES string of the molecule is CCCc1ccc(-c2ccc(OCC3CCC(C=O)CC3)cc2C=O)cc1. The van der Waals surface area contributed by atoms with Crippen molar-refractivity contribution in [3.05, 3.63) is 53.6 Å². The molecule has 1 fully saturated rings. The van der Waals surface area contributed by atoms with Gasteiger partial charge in [0.1, 0.15) is 12.0 Å². The highest BCUT2D eigenvalue weighted by Crippen LogP contribution is 2.30. The van der Waals surface area contributed by atoms with Gasteiger partial charge in [-0.1, -0.05) is 37.6 Å². The largest absolute Gasteiger partial charge is 0.493 e. The van der Waals surface area contributed by atoms with Crippen LogP contribution in [0.4, 0.5) is 0 Å². The zero-order valence-electron chi connectivity index (χ0n) is 16.0. The van der Waals surface area contributed by atoms with Crippen molar-refractivity contribution in [2.75, 3.05) is 6.61 Å². The molecule has 0 N–H and O–H groups in total. The van der Waals surface area contributed by atoms with E-state index in [9.17, 15) is 9.59 Å². The van der Waals surface area contributed by atoms with Crippen LogP contribution in [0.5, 0.6) is 5.75 Å². The topological polar surface area (TPSA) is 43.4 Å². The van der Waals surface area contributed by atoms with Gasteiger partial charge in [0, 0.05) is 11.5 Å². The number of rotatable bonds is 8. The van der Waals surface area contributed by atoms with Crippen molar-refractivity contribution in [2.45, 2.75) is 45.4 Å². The van der Waals surface area contributed by atoms with E-state index in [4.69, 9.17) is 4.74 Å². The Kier molecular flexibility index (Phi) is 6.80. The van der Waals surface area contributed by atoms with E-state index in [1.165, 1.54) is 5.56 Å². The second-order valence-electron chi connectivity index (χ2n) is 7.54. The normalized spacial score (nSPS) is 19.4. The Hall–Kier alpha value is -2.42. The zero-order chi connectivity index (χ0) is 19.1. The Morgan fingerprint density at radius 2 is 1.74 bits per heavy atom. The average molecular weight is 364 g/mol. The van der Waals surface area contributed by atoms with Gasteiger partial charge in [0.15, 0.2) is 6.29 Å². The van der Waals surface area contributed by atoms with Crippen LogP contribution in [0.2, 0.25) is 0 Å². The molecule has 0 atom stereocenters. The van der Waals surface area contributed by atoms with Crippen molar-refractivity contribution in [3.8, 4) is 16.9 Å². The Bertz CT molecular complexity index is 756. The molecule has 2 aromatic rings. The summed E-state index contributed by atoms with van der Waals surface area (Å²) in [6, 6.07) is 14.2. The Morgan fingerprint density at radius 1 is 1.00 bits per heavy atom. The lowest BCUT2D eigenvalue weighted by Gasteiger charge is -2.25. The van der Waals surface area contributed by atoms with Gasteiger partial charge in [0.05, 0.1) is 6.61 Å². The standard InChI is InChI=1S/C24H28O3/c1-2-3-18-8-10-21(11-9-18)24-13-12-23(14-22(24)16-26)27-17-20-6-4-19(15-25)5-7-20/h8-16,19-20H,2-7,17H2,1H3. The minimum absolute atomic E-state index is 0.228. The average Bonchev–Trinajstić information content (AvgIpc) is 2.73. The molecule has 0 radical (unpaired) electrons. The van der Waals surface area contributed by atoms with E-state index in [1.54, 1.807) is 0 Å². The molecule has 27 heavy (non-hydrogen) atoms. The van der Waals surface area contributed by atoms with Gasteiger partial charge in [-0.15, -0.1) is 0 Å². The molecule has 0 spiro atoms. The summed E-state index contributed by atoms with van der Waals surface area (Å²) in [6.45, 7) is 2.82. The van der Waals surface area contributed by atoms with E-state index in [0.717, 1.165) is 68.0 Å². The van der Waals surface area contributed by atoms with E-state index in [-0.39, 0.29) is 5.92 Å². The Labute approximate surface area is 161 Å². The molecule has 3 nitrogen and oxygen atoms in total. The lowest BCUT2D eigenvalue weighted by molar-refractivity contribution is -0.112. The second-order valence-corrected chi connectivity index (χ2v) is 7.54. The summed E-state index contributed by atoms with van der Waals surface area (Å²) in [6.07, 6.45) is 8.18. The van der Waals surface area contributed by atoms with Crippen molar-refractivity contribution < 1.29 is 14.3 Å². The summed E-state index contributed by atoms with van der Waals surface area (Å²) in [5, 5.41) is 0. The van der Waals surface area contributed by atoms with Crippen LogP contribution in [0.1, 0.15) is 54.9 Å². The Morgan fingerprint density at radius 3 is 2.37 bits per heavy atom. The van der Waals surface area contributed by atoms with Gasteiger partial charge in [-0.25, -0.2) is 0 Å². The van der Waals surface area contributed by atoms with Crippen LogP contribution >= 0.6 is 0 Å². The van der Waals surface area contributed by atoms with Crippen molar-refractivity contribution in [3.63, 3.8) is 0 Å². The smallest absolute Gasteiger partial charge is 0.150 e. The van der Waals surface area contributed by atoms with Gasteiger partial charge in [0.25, 0.3) is 0 Å². The zero-order valence-corrected chi connectivity index (χ0v) is 16.0. The molecule has 0 saturated heterocycles. The van der Waals surface area contributed by atoms with Gasteiger partial charge in [-0.3, -0.25) is 4.79 Å². The van der Waals surface area contributed by atoms with E-state index in [1.807, 2.05) is 18.2 Å². The summed E-state index contributed by atoms with van der Waals surface area (Å²) in [5.41, 5.74) is 3.96. The van der Waals surface area contributed by atoms with Gasteiger partial charge >= 0.3 is 0 Å². The van der Waals surface area contributed by atoms with Crippen LogP contribution in [-0.2, 0) is 11.2 Å². The summed E-state index contributed by atoms with van der Waals surface area (Å²) in [7, 11) is 0. The van der Waals surface area contributed by atoms with Crippen molar-refractivity contribution in [1.82, 2.24) is 0 Å². The van der Waals surface area contributed by atoms with Crippen LogP contribution in [0.3, 0.4) is 0 Å².